The molecule has 0 heterocycles. The van der Waals surface area contributed by atoms with Crippen molar-refractivity contribution in [2.75, 3.05) is 6.54 Å². The summed E-state index contributed by atoms with van der Waals surface area (Å²) >= 11 is 0. The predicted molar refractivity (Wildman–Crippen MR) is 43.2 cm³/mol. The van der Waals surface area contributed by atoms with Crippen LogP contribution in [0.1, 0.15) is 32.6 Å². The smallest absolute Gasteiger partial charge is 0.138 e. The summed E-state index contributed by atoms with van der Waals surface area (Å²) in [5, 5.41) is 3.18. The predicted octanol–water partition coefficient (Wildman–Crippen LogP) is 2.45. The van der Waals surface area contributed by atoms with Gasteiger partial charge in [0.1, 0.15) is 5.78 Å². The van der Waals surface area contributed by atoms with Gasteiger partial charge in [0.25, 0.3) is 0 Å². The molecule has 0 amide bonds. The average Bonchev–Trinajstić information content (AvgIpc) is 2.01. The van der Waals surface area contributed by atoms with E-state index in [0.29, 0.717) is 6.42 Å². The van der Waals surface area contributed by atoms with Crippen LogP contribution in [0.4, 0.5) is 0 Å². The van der Waals surface area contributed by atoms with E-state index in [2.05, 4.69) is 16.9 Å². The van der Waals surface area contributed by atoms with Crippen LogP contribution in [0.5, 0.6) is 0 Å². The van der Waals surface area contributed by atoms with E-state index < -0.39 is 0 Å². The van der Waals surface area contributed by atoms with Gasteiger partial charge in [-0.1, -0.05) is 24.9 Å². The van der Waals surface area contributed by atoms with Crippen LogP contribution in [0.15, 0.2) is 5.11 Å². The van der Waals surface area contributed by atoms with Crippen molar-refractivity contribution in [1.82, 2.24) is 0 Å². The van der Waals surface area contributed by atoms with E-state index >= 15 is 0 Å². The molecule has 0 rings (SSSR count). The highest BCUT2D eigenvalue weighted by Crippen LogP contribution is 1.99. The fraction of sp³-hybridized carbons (Fsp3) is 0.857. The van der Waals surface area contributed by atoms with Gasteiger partial charge in [-0.15, -0.1) is 0 Å². The topological polar surface area (TPSA) is 65.8 Å². The number of Topliss-reactive ketones (excluding diaryl/α,β-unsaturated/α-hetero) is 1. The van der Waals surface area contributed by atoms with E-state index in [-0.39, 0.29) is 12.3 Å². The first kappa shape index (κ1) is 9.98. The van der Waals surface area contributed by atoms with Gasteiger partial charge in [0.2, 0.25) is 0 Å². The minimum Gasteiger partial charge on any atom is -0.300 e. The Hall–Kier alpha value is -1.02. The summed E-state index contributed by atoms with van der Waals surface area (Å²) < 4.78 is 0. The van der Waals surface area contributed by atoms with Crippen LogP contribution < -0.4 is 0 Å². The summed E-state index contributed by atoms with van der Waals surface area (Å²) in [5.41, 5.74) is 7.89. The van der Waals surface area contributed by atoms with Crippen LogP contribution >= 0.6 is 0 Å². The number of unbranched alkanes of at least 4 members (excludes halogenated alkanes) is 2. The normalized spacial score (nSPS) is 8.82. The molecule has 11 heavy (non-hydrogen) atoms. The number of rotatable bonds is 6. The molecule has 4 heteroatoms. The lowest BCUT2D eigenvalue weighted by atomic mass is 10.1. The third-order valence-corrected chi connectivity index (χ3v) is 1.37. The molecule has 62 valence electrons. The number of carbonyl (C=O) groups excluding carboxylic acids is 1. The van der Waals surface area contributed by atoms with Gasteiger partial charge in [-0.3, -0.25) is 4.79 Å². The number of hydrogen-bond donors (Lipinski definition) is 0. The first-order valence-corrected chi connectivity index (χ1v) is 3.83. The Bertz CT molecular complexity index is 161. The molecule has 0 aromatic rings. The van der Waals surface area contributed by atoms with E-state index in [0.717, 1.165) is 19.3 Å². The molecule has 0 aliphatic heterocycles. The van der Waals surface area contributed by atoms with E-state index in [1.807, 2.05) is 0 Å². The molecule has 0 bridgehead atoms. The fourth-order valence-electron chi connectivity index (χ4n) is 0.762. The lowest BCUT2D eigenvalue weighted by molar-refractivity contribution is -0.117. The quantitative estimate of drug-likeness (QED) is 0.251. The van der Waals surface area contributed by atoms with Crippen molar-refractivity contribution in [3.05, 3.63) is 10.4 Å². The number of azide groups is 1. The van der Waals surface area contributed by atoms with Crippen LogP contribution in [0.2, 0.25) is 0 Å². The largest absolute Gasteiger partial charge is 0.300 e. The second-order valence-corrected chi connectivity index (χ2v) is 2.38. The van der Waals surface area contributed by atoms with Crippen molar-refractivity contribution in [3.63, 3.8) is 0 Å². The summed E-state index contributed by atoms with van der Waals surface area (Å²) in [5.74, 6) is 0.0382. The molecule has 4 nitrogen and oxygen atoms in total. The SMILES string of the molecule is CCCCCC(=O)CN=[N+]=[N-]. The molecule has 0 aromatic heterocycles. The third kappa shape index (κ3) is 6.87. The zero-order chi connectivity index (χ0) is 8.53. The van der Waals surface area contributed by atoms with Gasteiger partial charge in [-0.25, -0.2) is 0 Å². The summed E-state index contributed by atoms with van der Waals surface area (Å²) in [4.78, 5) is 13.3. The Balaban J connectivity index is 3.29. The van der Waals surface area contributed by atoms with Crippen LogP contribution in [-0.2, 0) is 4.79 Å². The van der Waals surface area contributed by atoms with Crippen LogP contribution in [0.25, 0.3) is 10.4 Å². The Labute approximate surface area is 66.2 Å². The number of ketones is 1. The molecule has 0 fully saturated rings. The summed E-state index contributed by atoms with van der Waals surface area (Å²) in [6.45, 7) is 2.10. The minimum atomic E-state index is 0.0141. The van der Waals surface area contributed by atoms with Gasteiger partial charge in [-0.05, 0) is 12.0 Å². The van der Waals surface area contributed by atoms with E-state index in [1.165, 1.54) is 0 Å². The molecular weight excluding hydrogens is 142 g/mol. The van der Waals surface area contributed by atoms with E-state index in [9.17, 15) is 4.79 Å². The van der Waals surface area contributed by atoms with Crippen molar-refractivity contribution in [3.8, 4) is 0 Å². The van der Waals surface area contributed by atoms with Crippen LogP contribution in [0, 0.1) is 0 Å². The highest BCUT2D eigenvalue weighted by molar-refractivity contribution is 5.80. The van der Waals surface area contributed by atoms with Gasteiger partial charge < -0.3 is 0 Å². The summed E-state index contributed by atoms with van der Waals surface area (Å²) in [6.07, 6.45) is 3.64. The number of hydrogen-bond acceptors (Lipinski definition) is 2. The molecule has 0 aromatic carbocycles. The maximum Gasteiger partial charge on any atom is 0.138 e. The Morgan fingerprint density at radius 2 is 2.27 bits per heavy atom. The molecule has 0 spiro atoms. The Morgan fingerprint density at radius 3 is 2.82 bits per heavy atom. The van der Waals surface area contributed by atoms with Gasteiger partial charge in [-0.2, -0.15) is 0 Å². The van der Waals surface area contributed by atoms with Crippen molar-refractivity contribution in [2.24, 2.45) is 5.11 Å². The standard InChI is InChI=1S/C7H13N3O/c1-2-3-4-5-7(11)6-9-10-8/h2-6H2,1H3. The molecule has 0 saturated carbocycles. The van der Waals surface area contributed by atoms with Crippen molar-refractivity contribution >= 4 is 5.78 Å². The molecule has 0 radical (unpaired) electrons. The van der Waals surface area contributed by atoms with Crippen molar-refractivity contribution < 1.29 is 4.79 Å². The lowest BCUT2D eigenvalue weighted by Crippen LogP contribution is -2.00. The summed E-state index contributed by atoms with van der Waals surface area (Å²) in [6, 6.07) is 0. The highest BCUT2D eigenvalue weighted by Gasteiger charge is 1.97. The minimum absolute atomic E-state index is 0.0141. The Morgan fingerprint density at radius 1 is 1.55 bits per heavy atom. The molecular formula is C7H13N3O. The molecule has 0 aliphatic carbocycles. The zero-order valence-electron chi connectivity index (χ0n) is 6.79. The van der Waals surface area contributed by atoms with E-state index in [1.54, 1.807) is 0 Å². The molecule has 0 unspecified atom stereocenters. The second-order valence-electron chi connectivity index (χ2n) is 2.38. The maximum absolute atomic E-state index is 10.8. The first-order chi connectivity index (χ1) is 5.31. The van der Waals surface area contributed by atoms with Gasteiger partial charge in [0.05, 0.1) is 6.54 Å². The van der Waals surface area contributed by atoms with E-state index in [4.69, 9.17) is 5.53 Å². The lowest BCUT2D eigenvalue weighted by Gasteiger charge is -1.94. The fourth-order valence-corrected chi connectivity index (χ4v) is 0.762. The number of nitrogens with zero attached hydrogens (tertiary/aromatic N) is 3. The van der Waals surface area contributed by atoms with Gasteiger partial charge in [0.15, 0.2) is 0 Å². The Kier molecular flexibility index (Phi) is 6.43. The highest BCUT2D eigenvalue weighted by atomic mass is 16.1. The molecule has 0 aliphatic rings. The maximum atomic E-state index is 10.8. The second kappa shape index (κ2) is 7.09. The molecule has 0 atom stereocenters. The molecule has 0 N–H and O–H groups in total. The van der Waals surface area contributed by atoms with Gasteiger partial charge >= 0.3 is 0 Å². The molecule has 0 saturated heterocycles. The van der Waals surface area contributed by atoms with Gasteiger partial charge in [0, 0.05) is 11.3 Å². The van der Waals surface area contributed by atoms with Crippen LogP contribution in [0.3, 0.4) is 0 Å². The van der Waals surface area contributed by atoms with Crippen LogP contribution in [-0.4, -0.2) is 12.3 Å². The third-order valence-electron chi connectivity index (χ3n) is 1.37. The average molecular weight is 155 g/mol. The monoisotopic (exact) mass is 155 g/mol. The number of carbonyl (C=O) groups is 1. The van der Waals surface area contributed by atoms with Crippen molar-refractivity contribution in [1.29, 1.82) is 0 Å². The van der Waals surface area contributed by atoms with Crippen molar-refractivity contribution in [2.45, 2.75) is 32.6 Å². The first-order valence-electron chi connectivity index (χ1n) is 3.83. The summed E-state index contributed by atoms with van der Waals surface area (Å²) in [7, 11) is 0. The zero-order valence-corrected chi connectivity index (χ0v) is 6.79.